The molecule has 0 spiro atoms. The number of benzene rings is 1. The van der Waals surface area contributed by atoms with Gasteiger partial charge in [0, 0.05) is 6.07 Å². The van der Waals surface area contributed by atoms with Gasteiger partial charge in [-0.2, -0.15) is 5.26 Å². The van der Waals surface area contributed by atoms with E-state index >= 15 is 0 Å². The predicted octanol–water partition coefficient (Wildman–Crippen LogP) is 2.55. The fourth-order valence-electron chi connectivity index (χ4n) is 1.55. The van der Waals surface area contributed by atoms with E-state index in [9.17, 15) is 10.1 Å². The predicted molar refractivity (Wildman–Crippen MR) is 64.4 cm³/mol. The van der Waals surface area contributed by atoms with Gasteiger partial charge in [-0.05, 0) is 19.0 Å². The lowest BCUT2D eigenvalue weighted by molar-refractivity contribution is -0.385. The fraction of sp³-hybridized carbons (Fsp3) is 0.417. The summed E-state index contributed by atoms with van der Waals surface area (Å²) in [7, 11) is 0. The highest BCUT2D eigenvalue weighted by Gasteiger charge is 2.20. The molecule has 1 N–H and O–H groups in total. The summed E-state index contributed by atoms with van der Waals surface area (Å²) in [5.41, 5.74) is 0.416. The van der Waals surface area contributed by atoms with E-state index in [-0.39, 0.29) is 5.69 Å². The minimum atomic E-state index is -0.622. The molecule has 1 rings (SSSR count). The SMILES string of the molecule is CCCCNC(C#N)c1ccccc1[N+](=O)[O-]. The van der Waals surface area contributed by atoms with Crippen molar-refractivity contribution in [1.82, 2.24) is 5.32 Å². The van der Waals surface area contributed by atoms with Crippen LogP contribution in [0.1, 0.15) is 31.4 Å². The lowest BCUT2D eigenvalue weighted by Crippen LogP contribution is -2.21. The molecule has 0 bridgehead atoms. The molecule has 1 atom stereocenters. The molecule has 90 valence electrons. The molecule has 1 unspecified atom stereocenters. The van der Waals surface area contributed by atoms with Gasteiger partial charge in [-0.1, -0.05) is 25.5 Å². The summed E-state index contributed by atoms with van der Waals surface area (Å²) < 4.78 is 0. The molecular weight excluding hydrogens is 218 g/mol. The average Bonchev–Trinajstić information content (AvgIpc) is 2.35. The summed E-state index contributed by atoms with van der Waals surface area (Å²) in [6.45, 7) is 2.73. The zero-order valence-corrected chi connectivity index (χ0v) is 9.72. The van der Waals surface area contributed by atoms with Gasteiger partial charge in [-0.25, -0.2) is 0 Å². The maximum Gasteiger partial charge on any atom is 0.275 e. The van der Waals surface area contributed by atoms with Gasteiger partial charge >= 0.3 is 0 Å². The largest absolute Gasteiger partial charge is 0.298 e. The van der Waals surface area contributed by atoms with Crippen molar-refractivity contribution in [2.45, 2.75) is 25.8 Å². The maximum atomic E-state index is 10.8. The Balaban J connectivity index is 2.88. The fourth-order valence-corrected chi connectivity index (χ4v) is 1.55. The van der Waals surface area contributed by atoms with Crippen LogP contribution in [0.15, 0.2) is 24.3 Å². The number of hydrogen-bond acceptors (Lipinski definition) is 4. The first-order valence-electron chi connectivity index (χ1n) is 5.57. The van der Waals surface area contributed by atoms with Gasteiger partial charge in [0.05, 0.1) is 16.6 Å². The summed E-state index contributed by atoms with van der Waals surface area (Å²) >= 11 is 0. The Morgan fingerprint density at radius 3 is 2.82 bits per heavy atom. The molecule has 1 aromatic carbocycles. The minimum absolute atomic E-state index is 0.0111. The average molecular weight is 233 g/mol. The number of rotatable bonds is 6. The molecule has 0 fully saturated rings. The van der Waals surface area contributed by atoms with Crippen molar-refractivity contribution in [2.24, 2.45) is 0 Å². The number of hydrogen-bond donors (Lipinski definition) is 1. The normalized spacial score (nSPS) is 11.8. The van der Waals surface area contributed by atoms with Crippen LogP contribution in [0, 0.1) is 21.4 Å². The highest BCUT2D eigenvalue weighted by molar-refractivity contribution is 5.44. The molecule has 0 saturated carbocycles. The zero-order valence-electron chi connectivity index (χ0n) is 9.72. The molecule has 0 aliphatic rings. The Morgan fingerprint density at radius 1 is 1.53 bits per heavy atom. The highest BCUT2D eigenvalue weighted by Crippen LogP contribution is 2.24. The number of nitro benzene ring substituents is 1. The monoisotopic (exact) mass is 233 g/mol. The van der Waals surface area contributed by atoms with Crippen LogP contribution in [-0.2, 0) is 0 Å². The van der Waals surface area contributed by atoms with E-state index < -0.39 is 11.0 Å². The maximum absolute atomic E-state index is 10.8. The standard InChI is InChI=1S/C12H15N3O2/c1-2-3-8-14-11(9-13)10-6-4-5-7-12(10)15(16)17/h4-7,11,14H,2-3,8H2,1H3. The molecule has 5 nitrogen and oxygen atoms in total. The molecule has 0 radical (unpaired) electrons. The topological polar surface area (TPSA) is 79.0 Å². The van der Waals surface area contributed by atoms with Gasteiger partial charge in [0.15, 0.2) is 0 Å². The first-order valence-corrected chi connectivity index (χ1v) is 5.57. The van der Waals surface area contributed by atoms with Crippen LogP contribution in [0.2, 0.25) is 0 Å². The van der Waals surface area contributed by atoms with Crippen molar-refractivity contribution in [3.8, 4) is 6.07 Å². The Labute approximate surface area is 100 Å². The van der Waals surface area contributed by atoms with E-state index in [4.69, 9.17) is 5.26 Å². The van der Waals surface area contributed by atoms with E-state index in [0.29, 0.717) is 12.1 Å². The minimum Gasteiger partial charge on any atom is -0.298 e. The molecule has 0 aliphatic carbocycles. The van der Waals surface area contributed by atoms with E-state index in [1.54, 1.807) is 18.2 Å². The quantitative estimate of drug-likeness (QED) is 0.465. The number of nitro groups is 1. The molecule has 1 aromatic rings. The summed E-state index contributed by atoms with van der Waals surface area (Å²) in [5.74, 6) is 0. The van der Waals surface area contributed by atoms with Gasteiger partial charge < -0.3 is 0 Å². The Bertz CT molecular complexity index is 426. The first kappa shape index (κ1) is 13.1. The van der Waals surface area contributed by atoms with Crippen molar-refractivity contribution in [3.05, 3.63) is 39.9 Å². The second-order valence-electron chi connectivity index (χ2n) is 3.69. The summed E-state index contributed by atoms with van der Waals surface area (Å²) in [6.07, 6.45) is 1.96. The number of nitrogens with one attached hydrogen (secondary N) is 1. The second-order valence-corrected chi connectivity index (χ2v) is 3.69. The Kier molecular flexibility index (Phi) is 5.11. The number of nitriles is 1. The van der Waals surface area contributed by atoms with E-state index in [2.05, 4.69) is 11.4 Å². The van der Waals surface area contributed by atoms with Gasteiger partial charge in [0.2, 0.25) is 0 Å². The van der Waals surface area contributed by atoms with Crippen LogP contribution < -0.4 is 5.32 Å². The van der Waals surface area contributed by atoms with E-state index in [1.165, 1.54) is 6.07 Å². The van der Waals surface area contributed by atoms with Crippen LogP contribution in [0.25, 0.3) is 0 Å². The molecule has 0 aliphatic heterocycles. The lowest BCUT2D eigenvalue weighted by Gasteiger charge is -2.11. The van der Waals surface area contributed by atoms with Crippen LogP contribution in [0.4, 0.5) is 5.69 Å². The molecule has 5 heteroatoms. The van der Waals surface area contributed by atoms with E-state index in [1.807, 2.05) is 6.92 Å². The van der Waals surface area contributed by atoms with Crippen molar-refractivity contribution in [1.29, 1.82) is 5.26 Å². The highest BCUT2D eigenvalue weighted by atomic mass is 16.6. The van der Waals surface area contributed by atoms with Crippen molar-refractivity contribution < 1.29 is 4.92 Å². The smallest absolute Gasteiger partial charge is 0.275 e. The number of unbranched alkanes of at least 4 members (excludes halogenated alkanes) is 1. The summed E-state index contributed by atoms with van der Waals surface area (Å²) in [5, 5.41) is 22.9. The third-order valence-electron chi connectivity index (χ3n) is 2.45. The summed E-state index contributed by atoms with van der Waals surface area (Å²) in [4.78, 5) is 10.4. The van der Waals surface area contributed by atoms with Crippen LogP contribution in [0.5, 0.6) is 0 Å². The van der Waals surface area contributed by atoms with Crippen molar-refractivity contribution >= 4 is 5.69 Å². The Morgan fingerprint density at radius 2 is 2.24 bits per heavy atom. The van der Waals surface area contributed by atoms with Crippen LogP contribution in [0.3, 0.4) is 0 Å². The van der Waals surface area contributed by atoms with Crippen molar-refractivity contribution in [2.75, 3.05) is 6.54 Å². The number of para-hydroxylation sites is 1. The van der Waals surface area contributed by atoms with Gasteiger partial charge in [0.25, 0.3) is 5.69 Å². The molecule has 0 amide bonds. The molecule has 0 saturated heterocycles. The van der Waals surface area contributed by atoms with Gasteiger partial charge in [0.1, 0.15) is 6.04 Å². The third kappa shape index (κ3) is 3.54. The van der Waals surface area contributed by atoms with Crippen LogP contribution >= 0.6 is 0 Å². The third-order valence-corrected chi connectivity index (χ3v) is 2.45. The molecule has 0 aromatic heterocycles. The van der Waals surface area contributed by atoms with Crippen LogP contribution in [-0.4, -0.2) is 11.5 Å². The second kappa shape index (κ2) is 6.61. The summed E-state index contributed by atoms with van der Waals surface area (Å²) in [6, 6.07) is 7.77. The molecule has 17 heavy (non-hydrogen) atoms. The van der Waals surface area contributed by atoms with Crippen molar-refractivity contribution in [3.63, 3.8) is 0 Å². The molecule has 0 heterocycles. The zero-order chi connectivity index (χ0) is 12.7. The first-order chi connectivity index (χ1) is 8.20. The van der Waals surface area contributed by atoms with Gasteiger partial charge in [-0.15, -0.1) is 0 Å². The molecular formula is C12H15N3O2. The van der Waals surface area contributed by atoms with Gasteiger partial charge in [-0.3, -0.25) is 15.4 Å². The lowest BCUT2D eigenvalue weighted by atomic mass is 10.1. The number of nitrogens with zero attached hydrogens (tertiary/aromatic N) is 2. The van der Waals surface area contributed by atoms with E-state index in [0.717, 1.165) is 12.8 Å². The Hall–Kier alpha value is -1.93.